The van der Waals surface area contributed by atoms with Crippen molar-refractivity contribution in [2.24, 2.45) is 11.8 Å². The van der Waals surface area contributed by atoms with Crippen LogP contribution < -0.4 is 5.32 Å². The van der Waals surface area contributed by atoms with Gasteiger partial charge in [0.2, 0.25) is 0 Å². The van der Waals surface area contributed by atoms with Gasteiger partial charge in [0.15, 0.2) is 0 Å². The number of carboxylic acids is 1. The average molecular weight is 243 g/mol. The maximum Gasteiger partial charge on any atom is 0.306 e. The Bertz CT molecular complexity index is 245. The van der Waals surface area contributed by atoms with Crippen molar-refractivity contribution < 1.29 is 14.6 Å². The van der Waals surface area contributed by atoms with Gasteiger partial charge in [-0.2, -0.15) is 0 Å². The van der Waals surface area contributed by atoms with Crippen LogP contribution >= 0.6 is 0 Å². The molecule has 4 nitrogen and oxygen atoms in total. The van der Waals surface area contributed by atoms with Gasteiger partial charge in [0.25, 0.3) is 0 Å². The van der Waals surface area contributed by atoms with E-state index in [1.165, 1.54) is 0 Å². The third kappa shape index (κ3) is 4.28. The number of carboxylic acid groups (broad SMARTS) is 1. The lowest BCUT2D eigenvalue weighted by Crippen LogP contribution is -2.42. The Morgan fingerprint density at radius 3 is 2.65 bits per heavy atom. The van der Waals surface area contributed by atoms with Crippen LogP contribution in [0, 0.1) is 11.8 Å². The van der Waals surface area contributed by atoms with E-state index in [0.717, 1.165) is 32.2 Å². The van der Waals surface area contributed by atoms with Crippen molar-refractivity contribution in [1.29, 1.82) is 0 Å². The van der Waals surface area contributed by atoms with Gasteiger partial charge >= 0.3 is 5.97 Å². The molecular formula is C13H25NO3. The third-order valence-corrected chi connectivity index (χ3v) is 4.00. The zero-order valence-corrected chi connectivity index (χ0v) is 11.1. The zero-order valence-electron chi connectivity index (χ0n) is 11.1. The number of ether oxygens (including phenoxy) is 1. The van der Waals surface area contributed by atoms with Crippen molar-refractivity contribution in [2.75, 3.05) is 13.7 Å². The molecule has 0 bridgehead atoms. The monoisotopic (exact) mass is 243 g/mol. The Labute approximate surface area is 104 Å². The average Bonchev–Trinajstić information content (AvgIpc) is 2.35. The lowest BCUT2D eigenvalue weighted by atomic mass is 9.79. The van der Waals surface area contributed by atoms with Crippen molar-refractivity contribution in [3.8, 4) is 0 Å². The smallest absolute Gasteiger partial charge is 0.306 e. The minimum atomic E-state index is -0.635. The molecule has 1 aliphatic rings. The van der Waals surface area contributed by atoms with Crippen LogP contribution in [0.2, 0.25) is 0 Å². The highest BCUT2D eigenvalue weighted by Gasteiger charge is 2.30. The number of aliphatic carboxylic acids is 1. The highest BCUT2D eigenvalue weighted by molar-refractivity contribution is 5.70. The largest absolute Gasteiger partial charge is 0.481 e. The molecule has 1 fully saturated rings. The molecular weight excluding hydrogens is 218 g/mol. The first-order valence-corrected chi connectivity index (χ1v) is 6.55. The molecule has 1 aliphatic carbocycles. The molecule has 17 heavy (non-hydrogen) atoms. The van der Waals surface area contributed by atoms with E-state index < -0.39 is 5.97 Å². The van der Waals surface area contributed by atoms with Gasteiger partial charge in [-0.15, -0.1) is 0 Å². The zero-order chi connectivity index (χ0) is 12.8. The van der Waals surface area contributed by atoms with Gasteiger partial charge < -0.3 is 15.2 Å². The quantitative estimate of drug-likeness (QED) is 0.748. The van der Waals surface area contributed by atoms with E-state index in [4.69, 9.17) is 4.74 Å². The fourth-order valence-electron chi connectivity index (χ4n) is 2.48. The molecule has 0 saturated heterocycles. The molecule has 0 aromatic rings. The molecule has 2 N–H and O–H groups in total. The lowest BCUT2D eigenvalue weighted by Gasteiger charge is -2.30. The van der Waals surface area contributed by atoms with Gasteiger partial charge in [-0.1, -0.05) is 12.8 Å². The molecule has 0 aliphatic heterocycles. The number of hydrogen-bond donors (Lipinski definition) is 2. The van der Waals surface area contributed by atoms with E-state index in [1.54, 1.807) is 7.11 Å². The molecule has 1 saturated carbocycles. The van der Waals surface area contributed by atoms with Gasteiger partial charge in [-0.05, 0) is 39.2 Å². The second kappa shape index (κ2) is 6.97. The predicted molar refractivity (Wildman–Crippen MR) is 67.0 cm³/mol. The highest BCUT2D eigenvalue weighted by Crippen LogP contribution is 2.29. The Morgan fingerprint density at radius 1 is 1.41 bits per heavy atom. The second-order valence-corrected chi connectivity index (χ2v) is 5.13. The first kappa shape index (κ1) is 14.5. The van der Waals surface area contributed by atoms with Crippen LogP contribution in [0.25, 0.3) is 0 Å². The van der Waals surface area contributed by atoms with Gasteiger partial charge in [0.05, 0.1) is 12.0 Å². The summed E-state index contributed by atoms with van der Waals surface area (Å²) in [4.78, 5) is 11.1. The van der Waals surface area contributed by atoms with Crippen LogP contribution in [0.15, 0.2) is 0 Å². The number of hydrogen-bond acceptors (Lipinski definition) is 3. The lowest BCUT2D eigenvalue weighted by molar-refractivity contribution is -0.144. The van der Waals surface area contributed by atoms with E-state index in [2.05, 4.69) is 12.2 Å². The van der Waals surface area contributed by atoms with Crippen LogP contribution in [0.3, 0.4) is 0 Å². The second-order valence-electron chi connectivity index (χ2n) is 5.13. The van der Waals surface area contributed by atoms with Crippen LogP contribution in [-0.4, -0.2) is 36.9 Å². The van der Waals surface area contributed by atoms with Gasteiger partial charge in [-0.3, -0.25) is 4.79 Å². The first-order valence-electron chi connectivity index (χ1n) is 6.55. The SMILES string of the molecule is COC(C)C(C)NCC1CCCCC1C(=O)O. The summed E-state index contributed by atoms with van der Waals surface area (Å²) in [5.74, 6) is -0.530. The maximum atomic E-state index is 11.1. The van der Waals surface area contributed by atoms with Crippen LogP contribution in [0.1, 0.15) is 39.5 Å². The van der Waals surface area contributed by atoms with Crippen LogP contribution in [-0.2, 0) is 9.53 Å². The standard InChI is InChI=1S/C13H25NO3/c1-9(10(2)17-3)14-8-11-6-4-5-7-12(11)13(15)16/h9-12,14H,4-8H2,1-3H3,(H,15,16). The molecule has 0 amide bonds. The van der Waals surface area contributed by atoms with Crippen LogP contribution in [0.4, 0.5) is 0 Å². The van der Waals surface area contributed by atoms with Crippen molar-refractivity contribution in [3.63, 3.8) is 0 Å². The Hall–Kier alpha value is -0.610. The van der Waals surface area contributed by atoms with Gasteiger partial charge in [0.1, 0.15) is 0 Å². The molecule has 0 aromatic heterocycles. The Balaban J connectivity index is 2.40. The van der Waals surface area contributed by atoms with E-state index in [-0.39, 0.29) is 24.0 Å². The summed E-state index contributed by atoms with van der Waals surface area (Å²) in [6.45, 7) is 4.88. The van der Waals surface area contributed by atoms with Gasteiger partial charge in [-0.25, -0.2) is 0 Å². The summed E-state index contributed by atoms with van der Waals surface area (Å²) in [6, 6.07) is 0.261. The third-order valence-electron chi connectivity index (χ3n) is 4.00. The Morgan fingerprint density at radius 2 is 2.06 bits per heavy atom. The normalized spacial score (nSPS) is 28.6. The number of methoxy groups -OCH3 is 1. The molecule has 0 spiro atoms. The van der Waals surface area contributed by atoms with E-state index in [9.17, 15) is 9.90 Å². The van der Waals surface area contributed by atoms with E-state index >= 15 is 0 Å². The fourth-order valence-corrected chi connectivity index (χ4v) is 2.48. The maximum absolute atomic E-state index is 11.1. The molecule has 4 heteroatoms. The number of carbonyl (C=O) groups is 1. The summed E-state index contributed by atoms with van der Waals surface area (Å²) in [7, 11) is 1.70. The predicted octanol–water partition coefficient (Wildman–Crippen LogP) is 1.89. The van der Waals surface area contributed by atoms with Gasteiger partial charge in [0, 0.05) is 13.2 Å². The molecule has 100 valence electrons. The van der Waals surface area contributed by atoms with Crippen molar-refractivity contribution in [2.45, 2.75) is 51.7 Å². The van der Waals surface area contributed by atoms with Crippen molar-refractivity contribution in [3.05, 3.63) is 0 Å². The molecule has 0 heterocycles. The fraction of sp³-hybridized carbons (Fsp3) is 0.923. The topological polar surface area (TPSA) is 58.6 Å². The summed E-state index contributed by atoms with van der Waals surface area (Å²) in [5, 5.41) is 12.6. The van der Waals surface area contributed by atoms with E-state index in [0.29, 0.717) is 0 Å². The number of rotatable bonds is 6. The summed E-state index contributed by atoms with van der Waals surface area (Å²) in [5.41, 5.74) is 0. The van der Waals surface area contributed by atoms with Crippen LogP contribution in [0.5, 0.6) is 0 Å². The highest BCUT2D eigenvalue weighted by atomic mass is 16.5. The Kier molecular flexibility index (Phi) is 5.92. The molecule has 0 radical (unpaired) electrons. The first-order chi connectivity index (χ1) is 8.06. The minimum absolute atomic E-state index is 0.155. The molecule has 1 rings (SSSR count). The summed E-state index contributed by atoms with van der Waals surface area (Å²) in [6.07, 6.45) is 4.22. The van der Waals surface area contributed by atoms with E-state index in [1.807, 2.05) is 6.92 Å². The van der Waals surface area contributed by atoms with Crippen molar-refractivity contribution >= 4 is 5.97 Å². The molecule has 4 unspecified atom stereocenters. The molecule has 0 aromatic carbocycles. The number of nitrogens with one attached hydrogen (secondary N) is 1. The van der Waals surface area contributed by atoms with Crippen molar-refractivity contribution in [1.82, 2.24) is 5.32 Å². The molecule has 4 atom stereocenters. The minimum Gasteiger partial charge on any atom is -0.481 e. The summed E-state index contributed by atoms with van der Waals surface area (Å²) < 4.78 is 5.25. The summed E-state index contributed by atoms with van der Waals surface area (Å²) >= 11 is 0.